The van der Waals surface area contributed by atoms with Crippen LogP contribution < -0.4 is 20.3 Å². The van der Waals surface area contributed by atoms with Crippen molar-refractivity contribution in [2.75, 3.05) is 33.4 Å². The van der Waals surface area contributed by atoms with Crippen LogP contribution in [0.15, 0.2) is 35.3 Å². The van der Waals surface area contributed by atoms with Crippen LogP contribution in [0.25, 0.3) is 22.6 Å². The Bertz CT molecular complexity index is 1290. The fourth-order valence-corrected chi connectivity index (χ4v) is 4.38. The number of pyridine rings is 2. The van der Waals surface area contributed by atoms with Gasteiger partial charge in [-0.25, -0.2) is 15.0 Å². The molecule has 0 aromatic carbocycles. The van der Waals surface area contributed by atoms with Gasteiger partial charge in [-0.2, -0.15) is 0 Å². The van der Waals surface area contributed by atoms with Crippen LogP contribution in [-0.4, -0.2) is 80.9 Å². The van der Waals surface area contributed by atoms with Gasteiger partial charge in [-0.3, -0.25) is 14.2 Å². The highest BCUT2D eigenvalue weighted by Crippen LogP contribution is 2.21. The van der Waals surface area contributed by atoms with Crippen molar-refractivity contribution < 1.29 is 19.4 Å². The van der Waals surface area contributed by atoms with E-state index in [1.165, 1.54) is 17.9 Å². The van der Waals surface area contributed by atoms with Crippen molar-refractivity contribution in [2.24, 2.45) is 0 Å². The number of β-amino-alcohol motifs (C(OH)–C–C–N with tert-alkyl or cyclic N) is 1. The highest BCUT2D eigenvalue weighted by molar-refractivity contribution is 5.80. The summed E-state index contributed by atoms with van der Waals surface area (Å²) in [6, 6.07) is 6.66. The van der Waals surface area contributed by atoms with Crippen LogP contribution in [0, 0.1) is 0 Å². The molecule has 1 atom stereocenters. The number of methoxy groups -OCH3 is 1. The number of likely N-dealkylation sites (tertiary alicyclic amines) is 1. The number of rotatable bonds is 10. The third-order valence-electron chi connectivity index (χ3n) is 6.07. The Hall–Kier alpha value is -3.57. The zero-order chi connectivity index (χ0) is 26.4. The SMILES string of the molecule is COc1cccc(-c2nc3ncc(OCCCN4CCCC(O)C4)cc3c(=O)n2CC(=O)NC(C)C)n1. The van der Waals surface area contributed by atoms with E-state index in [1.54, 1.807) is 24.3 Å². The summed E-state index contributed by atoms with van der Waals surface area (Å²) >= 11 is 0. The number of carbonyl (C=O) groups excluding carboxylic acids is 1. The highest BCUT2D eigenvalue weighted by Gasteiger charge is 2.19. The lowest BCUT2D eigenvalue weighted by molar-refractivity contribution is -0.122. The maximum Gasteiger partial charge on any atom is 0.263 e. The van der Waals surface area contributed by atoms with Gasteiger partial charge in [0.15, 0.2) is 11.5 Å². The maximum atomic E-state index is 13.6. The third kappa shape index (κ3) is 6.80. The van der Waals surface area contributed by atoms with E-state index in [4.69, 9.17) is 9.47 Å². The number of ether oxygens (including phenoxy) is 2. The van der Waals surface area contributed by atoms with E-state index < -0.39 is 5.56 Å². The Labute approximate surface area is 215 Å². The van der Waals surface area contributed by atoms with Crippen LogP contribution in [0.3, 0.4) is 0 Å². The first kappa shape index (κ1) is 26.5. The predicted molar refractivity (Wildman–Crippen MR) is 139 cm³/mol. The van der Waals surface area contributed by atoms with Crippen molar-refractivity contribution in [2.45, 2.75) is 51.8 Å². The quantitative estimate of drug-likeness (QED) is 0.391. The summed E-state index contributed by atoms with van der Waals surface area (Å²) < 4.78 is 12.4. The Balaban J connectivity index is 1.59. The second-order valence-corrected chi connectivity index (χ2v) is 9.45. The topological polar surface area (TPSA) is 132 Å². The lowest BCUT2D eigenvalue weighted by Crippen LogP contribution is -2.39. The first-order chi connectivity index (χ1) is 17.8. The number of hydrogen-bond donors (Lipinski definition) is 2. The van der Waals surface area contributed by atoms with Crippen LogP contribution >= 0.6 is 0 Å². The summed E-state index contributed by atoms with van der Waals surface area (Å²) in [5.41, 5.74) is 0.212. The van der Waals surface area contributed by atoms with Gasteiger partial charge in [-0.1, -0.05) is 6.07 Å². The molecule has 0 bridgehead atoms. The average Bonchev–Trinajstić information content (AvgIpc) is 2.88. The molecule has 3 aromatic heterocycles. The van der Waals surface area contributed by atoms with Crippen LogP contribution in [-0.2, 0) is 11.3 Å². The number of nitrogens with one attached hydrogen (secondary N) is 1. The summed E-state index contributed by atoms with van der Waals surface area (Å²) in [7, 11) is 1.50. The minimum atomic E-state index is -0.413. The van der Waals surface area contributed by atoms with Crippen molar-refractivity contribution in [1.82, 2.24) is 29.7 Å². The zero-order valence-corrected chi connectivity index (χ0v) is 21.5. The number of piperidine rings is 1. The van der Waals surface area contributed by atoms with Crippen LogP contribution in [0.5, 0.6) is 11.6 Å². The highest BCUT2D eigenvalue weighted by atomic mass is 16.5. The third-order valence-corrected chi connectivity index (χ3v) is 6.07. The van der Waals surface area contributed by atoms with Gasteiger partial charge in [0, 0.05) is 25.2 Å². The molecular weight excluding hydrogens is 476 g/mol. The van der Waals surface area contributed by atoms with Crippen LogP contribution in [0.1, 0.15) is 33.1 Å². The van der Waals surface area contributed by atoms with E-state index in [0.29, 0.717) is 30.5 Å². The van der Waals surface area contributed by atoms with Crippen molar-refractivity contribution >= 4 is 16.9 Å². The Morgan fingerprint density at radius 2 is 2.14 bits per heavy atom. The largest absolute Gasteiger partial charge is 0.492 e. The van der Waals surface area contributed by atoms with Crippen LogP contribution in [0.2, 0.25) is 0 Å². The molecule has 198 valence electrons. The lowest BCUT2D eigenvalue weighted by Gasteiger charge is -2.29. The lowest BCUT2D eigenvalue weighted by atomic mass is 10.1. The normalized spacial score (nSPS) is 16.2. The fraction of sp³-hybridized carbons (Fsp3) is 0.500. The first-order valence-corrected chi connectivity index (χ1v) is 12.6. The average molecular weight is 511 g/mol. The predicted octanol–water partition coefficient (Wildman–Crippen LogP) is 1.61. The number of nitrogens with zero attached hydrogens (tertiary/aromatic N) is 5. The summed E-state index contributed by atoms with van der Waals surface area (Å²) in [6.07, 6.45) is 3.92. The molecular formula is C26H34N6O5. The van der Waals surface area contributed by atoms with Gasteiger partial charge in [0.05, 0.1) is 31.4 Å². The minimum Gasteiger partial charge on any atom is -0.492 e. The van der Waals surface area contributed by atoms with Crippen molar-refractivity contribution in [3.05, 3.63) is 40.8 Å². The van der Waals surface area contributed by atoms with Gasteiger partial charge in [0.2, 0.25) is 11.8 Å². The monoisotopic (exact) mass is 510 g/mol. The molecule has 0 radical (unpaired) electrons. The number of aliphatic hydroxyl groups excluding tert-OH is 1. The van der Waals surface area contributed by atoms with Gasteiger partial charge < -0.3 is 24.8 Å². The molecule has 1 aliphatic rings. The molecule has 1 fully saturated rings. The van der Waals surface area contributed by atoms with Crippen molar-refractivity contribution in [3.63, 3.8) is 0 Å². The van der Waals surface area contributed by atoms with E-state index in [9.17, 15) is 14.7 Å². The summed E-state index contributed by atoms with van der Waals surface area (Å²) in [4.78, 5) is 41.8. The van der Waals surface area contributed by atoms with Gasteiger partial charge in [-0.15, -0.1) is 0 Å². The molecule has 1 aliphatic heterocycles. The fourth-order valence-electron chi connectivity index (χ4n) is 4.38. The molecule has 0 spiro atoms. The molecule has 2 N–H and O–H groups in total. The van der Waals surface area contributed by atoms with Crippen LogP contribution in [0.4, 0.5) is 0 Å². The van der Waals surface area contributed by atoms with E-state index in [0.717, 1.165) is 32.4 Å². The molecule has 11 heteroatoms. The van der Waals surface area contributed by atoms with Crippen molar-refractivity contribution in [3.8, 4) is 23.1 Å². The smallest absolute Gasteiger partial charge is 0.263 e. The molecule has 4 heterocycles. The number of fused-ring (bicyclic) bond motifs is 1. The minimum absolute atomic E-state index is 0.0788. The second kappa shape index (κ2) is 12.1. The molecule has 1 saturated heterocycles. The molecule has 1 unspecified atom stereocenters. The number of aliphatic hydroxyl groups is 1. The molecule has 0 saturated carbocycles. The number of hydrogen-bond acceptors (Lipinski definition) is 9. The molecule has 0 aliphatic carbocycles. The summed E-state index contributed by atoms with van der Waals surface area (Å²) in [5.74, 6) is 0.724. The van der Waals surface area contributed by atoms with E-state index >= 15 is 0 Å². The number of carbonyl (C=O) groups is 1. The molecule has 11 nitrogen and oxygen atoms in total. The van der Waals surface area contributed by atoms with Crippen molar-refractivity contribution in [1.29, 1.82) is 0 Å². The Morgan fingerprint density at radius 1 is 1.30 bits per heavy atom. The summed E-state index contributed by atoms with van der Waals surface area (Å²) in [6.45, 7) is 6.43. The first-order valence-electron chi connectivity index (χ1n) is 12.6. The number of aromatic nitrogens is 4. The number of amides is 1. The standard InChI is InChI=1S/C26H34N6O5/c1-17(2)28-22(34)16-32-25(21-8-4-9-23(29-21)36-3)30-24-20(26(32)35)13-19(14-27-24)37-12-6-11-31-10-5-7-18(33)15-31/h4,8-9,13-14,17-18,33H,5-7,10-12,15-16H2,1-3H3,(H,28,34). The molecule has 3 aromatic rings. The van der Waals surface area contributed by atoms with Gasteiger partial charge in [0.1, 0.15) is 18.0 Å². The molecule has 4 rings (SSSR count). The van der Waals surface area contributed by atoms with E-state index in [2.05, 4.69) is 25.2 Å². The van der Waals surface area contributed by atoms with Gasteiger partial charge in [-0.05, 0) is 51.8 Å². The summed E-state index contributed by atoms with van der Waals surface area (Å²) in [5, 5.41) is 12.9. The Kier molecular flexibility index (Phi) is 8.67. The second-order valence-electron chi connectivity index (χ2n) is 9.45. The maximum absolute atomic E-state index is 13.6. The van der Waals surface area contributed by atoms with Gasteiger partial charge in [0.25, 0.3) is 5.56 Å². The molecule has 37 heavy (non-hydrogen) atoms. The van der Waals surface area contributed by atoms with E-state index in [1.807, 2.05) is 13.8 Å². The zero-order valence-electron chi connectivity index (χ0n) is 21.5. The van der Waals surface area contributed by atoms with Gasteiger partial charge >= 0.3 is 0 Å². The van der Waals surface area contributed by atoms with E-state index in [-0.39, 0.29) is 41.5 Å². The Morgan fingerprint density at radius 3 is 2.89 bits per heavy atom. The molecule has 1 amide bonds.